The van der Waals surface area contributed by atoms with E-state index >= 15 is 0 Å². The maximum atomic E-state index is 5.42. The van der Waals surface area contributed by atoms with Crippen molar-refractivity contribution >= 4 is 0 Å². The van der Waals surface area contributed by atoms with Crippen molar-refractivity contribution in [2.24, 2.45) is 5.92 Å². The Morgan fingerprint density at radius 3 is 2.95 bits per heavy atom. The van der Waals surface area contributed by atoms with E-state index in [1.54, 1.807) is 0 Å². The SMILES string of the molecule is C#CCN(Cc1cc(CNC2CC2)no1)CC1CC1. The van der Waals surface area contributed by atoms with Gasteiger partial charge in [-0.1, -0.05) is 11.1 Å². The highest BCUT2D eigenvalue weighted by Gasteiger charge is 2.25. The van der Waals surface area contributed by atoms with Gasteiger partial charge in [0.15, 0.2) is 5.76 Å². The number of terminal acetylenes is 1. The average molecular weight is 259 g/mol. The lowest BCUT2D eigenvalue weighted by molar-refractivity contribution is 0.245. The molecule has 1 N–H and O–H groups in total. The topological polar surface area (TPSA) is 41.3 Å². The summed E-state index contributed by atoms with van der Waals surface area (Å²) in [6.45, 7) is 3.36. The number of nitrogens with zero attached hydrogens (tertiary/aromatic N) is 2. The Morgan fingerprint density at radius 2 is 2.26 bits per heavy atom. The van der Waals surface area contributed by atoms with Crippen LogP contribution in [0.25, 0.3) is 0 Å². The van der Waals surface area contributed by atoms with Crippen molar-refractivity contribution in [3.8, 4) is 12.3 Å². The third-order valence-electron chi connectivity index (χ3n) is 3.66. The molecule has 2 fully saturated rings. The van der Waals surface area contributed by atoms with Gasteiger partial charge >= 0.3 is 0 Å². The monoisotopic (exact) mass is 259 g/mol. The Hall–Kier alpha value is -1.31. The van der Waals surface area contributed by atoms with Crippen LogP contribution in [0.15, 0.2) is 10.6 Å². The molecule has 4 nitrogen and oxygen atoms in total. The molecule has 0 amide bonds. The summed E-state index contributed by atoms with van der Waals surface area (Å²) in [4.78, 5) is 2.27. The molecule has 0 radical (unpaired) electrons. The summed E-state index contributed by atoms with van der Waals surface area (Å²) in [5.74, 6) is 4.49. The predicted molar refractivity (Wildman–Crippen MR) is 73.2 cm³/mol. The molecule has 1 aromatic heterocycles. The Bertz CT molecular complexity index is 454. The van der Waals surface area contributed by atoms with Gasteiger partial charge in [-0.2, -0.15) is 0 Å². The standard InChI is InChI=1S/C15H21N3O/c1-2-7-18(10-12-3-4-12)11-15-8-14(17-19-15)9-16-13-5-6-13/h1,8,12-13,16H,3-7,9-11H2. The maximum Gasteiger partial charge on any atom is 0.151 e. The van der Waals surface area contributed by atoms with Crippen molar-refractivity contribution in [3.05, 3.63) is 17.5 Å². The van der Waals surface area contributed by atoms with Gasteiger partial charge in [0.1, 0.15) is 0 Å². The van der Waals surface area contributed by atoms with Crippen LogP contribution in [-0.2, 0) is 13.1 Å². The van der Waals surface area contributed by atoms with Gasteiger partial charge < -0.3 is 9.84 Å². The highest BCUT2D eigenvalue weighted by Crippen LogP contribution is 2.30. The van der Waals surface area contributed by atoms with Crippen LogP contribution in [0.1, 0.15) is 37.1 Å². The van der Waals surface area contributed by atoms with E-state index in [9.17, 15) is 0 Å². The first-order chi connectivity index (χ1) is 9.33. The lowest BCUT2D eigenvalue weighted by Crippen LogP contribution is -2.25. The van der Waals surface area contributed by atoms with Crippen molar-refractivity contribution < 1.29 is 4.52 Å². The molecule has 0 aliphatic heterocycles. The molecule has 4 heteroatoms. The lowest BCUT2D eigenvalue weighted by atomic mass is 10.3. The van der Waals surface area contributed by atoms with Crippen molar-refractivity contribution in [1.29, 1.82) is 0 Å². The van der Waals surface area contributed by atoms with Crippen LogP contribution in [-0.4, -0.2) is 29.2 Å². The first-order valence-electron chi connectivity index (χ1n) is 7.17. The van der Waals surface area contributed by atoms with E-state index in [0.29, 0.717) is 12.6 Å². The Kier molecular flexibility index (Phi) is 3.86. The minimum Gasteiger partial charge on any atom is -0.360 e. The Labute approximate surface area is 114 Å². The fraction of sp³-hybridized carbons (Fsp3) is 0.667. The summed E-state index contributed by atoms with van der Waals surface area (Å²) in [6, 6.07) is 2.75. The van der Waals surface area contributed by atoms with Crippen molar-refractivity contribution in [1.82, 2.24) is 15.4 Å². The molecule has 0 unspecified atom stereocenters. The third kappa shape index (κ3) is 4.09. The van der Waals surface area contributed by atoms with Gasteiger partial charge in [-0.15, -0.1) is 6.42 Å². The fourth-order valence-corrected chi connectivity index (χ4v) is 2.25. The third-order valence-corrected chi connectivity index (χ3v) is 3.66. The molecular formula is C15H21N3O. The lowest BCUT2D eigenvalue weighted by Gasteiger charge is -2.17. The average Bonchev–Trinajstić information content (AvgIpc) is 3.30. The Balaban J connectivity index is 1.50. The van der Waals surface area contributed by atoms with Gasteiger partial charge in [0, 0.05) is 25.2 Å². The van der Waals surface area contributed by atoms with Crippen molar-refractivity contribution in [2.45, 2.75) is 44.8 Å². The summed E-state index contributed by atoms with van der Waals surface area (Å²) in [5, 5.41) is 7.55. The zero-order valence-corrected chi connectivity index (χ0v) is 11.3. The maximum absolute atomic E-state index is 5.42. The normalized spacial score (nSPS) is 18.7. The van der Waals surface area contributed by atoms with Gasteiger partial charge in [0.2, 0.25) is 0 Å². The number of hydrogen-bond acceptors (Lipinski definition) is 4. The van der Waals surface area contributed by atoms with Gasteiger partial charge in [0.25, 0.3) is 0 Å². The molecule has 0 atom stereocenters. The largest absolute Gasteiger partial charge is 0.360 e. The summed E-state index contributed by atoms with van der Waals surface area (Å²) in [7, 11) is 0. The van der Waals surface area contributed by atoms with Gasteiger partial charge in [-0.3, -0.25) is 4.90 Å². The Morgan fingerprint density at radius 1 is 1.42 bits per heavy atom. The molecule has 2 aliphatic carbocycles. The summed E-state index contributed by atoms with van der Waals surface area (Å²) >= 11 is 0. The molecule has 1 heterocycles. The van der Waals surface area contributed by atoms with E-state index in [0.717, 1.165) is 37.0 Å². The number of rotatable bonds is 8. The van der Waals surface area contributed by atoms with E-state index < -0.39 is 0 Å². The van der Waals surface area contributed by atoms with Crippen LogP contribution in [0.4, 0.5) is 0 Å². The second-order valence-electron chi connectivity index (χ2n) is 5.76. The second-order valence-corrected chi connectivity index (χ2v) is 5.76. The molecule has 19 heavy (non-hydrogen) atoms. The van der Waals surface area contributed by atoms with Crippen molar-refractivity contribution in [2.75, 3.05) is 13.1 Å². The number of aromatic nitrogens is 1. The van der Waals surface area contributed by atoms with Gasteiger partial charge in [-0.25, -0.2) is 0 Å². The fourth-order valence-electron chi connectivity index (χ4n) is 2.25. The predicted octanol–water partition coefficient (Wildman–Crippen LogP) is 1.77. The smallest absolute Gasteiger partial charge is 0.151 e. The van der Waals surface area contributed by atoms with Crippen molar-refractivity contribution in [3.63, 3.8) is 0 Å². The van der Waals surface area contributed by atoms with E-state index in [1.165, 1.54) is 25.7 Å². The molecule has 2 saturated carbocycles. The summed E-state index contributed by atoms with van der Waals surface area (Å²) in [5.41, 5.74) is 0.994. The minimum atomic E-state index is 0.687. The van der Waals surface area contributed by atoms with Crippen LogP contribution in [0.5, 0.6) is 0 Å². The molecule has 3 rings (SSSR count). The molecule has 0 saturated heterocycles. The van der Waals surface area contributed by atoms with Crippen LogP contribution in [0.2, 0.25) is 0 Å². The molecule has 1 aromatic rings. The zero-order valence-electron chi connectivity index (χ0n) is 11.3. The number of hydrogen-bond donors (Lipinski definition) is 1. The highest BCUT2D eigenvalue weighted by atomic mass is 16.5. The summed E-state index contributed by atoms with van der Waals surface area (Å²) < 4.78 is 5.40. The number of nitrogens with one attached hydrogen (secondary N) is 1. The first-order valence-corrected chi connectivity index (χ1v) is 7.17. The van der Waals surface area contributed by atoms with Crippen LogP contribution in [0, 0.1) is 18.3 Å². The van der Waals surface area contributed by atoms with E-state index in [1.807, 2.05) is 6.07 Å². The minimum absolute atomic E-state index is 0.687. The van der Waals surface area contributed by atoms with E-state index in [-0.39, 0.29) is 0 Å². The summed E-state index contributed by atoms with van der Waals surface area (Å²) in [6.07, 6.45) is 10.7. The van der Waals surface area contributed by atoms with Gasteiger partial charge in [0.05, 0.1) is 18.8 Å². The van der Waals surface area contributed by atoms with E-state index in [2.05, 4.69) is 21.3 Å². The quantitative estimate of drug-likeness (QED) is 0.722. The first kappa shape index (κ1) is 12.7. The zero-order chi connectivity index (χ0) is 13.1. The van der Waals surface area contributed by atoms with Crippen LogP contribution < -0.4 is 5.32 Å². The highest BCUT2D eigenvalue weighted by molar-refractivity contribution is 5.06. The van der Waals surface area contributed by atoms with Crippen LogP contribution >= 0.6 is 0 Å². The second kappa shape index (κ2) is 5.77. The molecule has 102 valence electrons. The molecule has 0 aromatic carbocycles. The van der Waals surface area contributed by atoms with E-state index in [4.69, 9.17) is 10.9 Å². The molecular weight excluding hydrogens is 238 g/mol. The molecule has 0 spiro atoms. The molecule has 2 aliphatic rings. The molecule has 0 bridgehead atoms. The van der Waals surface area contributed by atoms with Crippen LogP contribution in [0.3, 0.4) is 0 Å². The van der Waals surface area contributed by atoms with Gasteiger partial charge in [-0.05, 0) is 31.6 Å².